The quantitative estimate of drug-likeness (QED) is 0.240. The normalized spacial score (nSPS) is 43.1. The molecule has 10 unspecified atom stereocenters. The summed E-state index contributed by atoms with van der Waals surface area (Å²) < 4.78 is 21.8. The van der Waals surface area contributed by atoms with Crippen LogP contribution in [-0.4, -0.2) is 105 Å². The van der Waals surface area contributed by atoms with E-state index in [2.05, 4.69) is 6.92 Å². The monoisotopic (exact) mass is 410 g/mol. The van der Waals surface area contributed by atoms with Gasteiger partial charge in [0.05, 0.1) is 19.3 Å². The first-order valence-corrected chi connectivity index (χ1v) is 9.88. The van der Waals surface area contributed by atoms with Crippen molar-refractivity contribution in [2.24, 2.45) is 0 Å². The summed E-state index contributed by atoms with van der Waals surface area (Å²) >= 11 is 0. The molecule has 2 rings (SSSR count). The lowest BCUT2D eigenvalue weighted by Crippen LogP contribution is -2.60. The van der Waals surface area contributed by atoms with Crippen LogP contribution in [0.25, 0.3) is 0 Å². The minimum atomic E-state index is -1.50. The third-order valence-corrected chi connectivity index (χ3v) is 5.13. The molecule has 0 radical (unpaired) electrons. The van der Waals surface area contributed by atoms with Crippen LogP contribution < -0.4 is 0 Å². The van der Waals surface area contributed by atoms with E-state index in [9.17, 15) is 30.6 Å². The van der Waals surface area contributed by atoms with Crippen molar-refractivity contribution >= 4 is 0 Å². The third kappa shape index (κ3) is 6.05. The fourth-order valence-corrected chi connectivity index (χ4v) is 3.26. The molecule has 2 saturated heterocycles. The molecule has 0 saturated carbocycles. The number of aliphatic hydroxyl groups excluding tert-OH is 6. The maximum Gasteiger partial charge on any atom is 0.186 e. The maximum absolute atomic E-state index is 10.2. The second-order valence-corrected chi connectivity index (χ2v) is 7.54. The van der Waals surface area contributed by atoms with Gasteiger partial charge in [-0.1, -0.05) is 26.2 Å². The van der Waals surface area contributed by atoms with Gasteiger partial charge in [0.1, 0.15) is 42.7 Å². The zero-order chi connectivity index (χ0) is 20.8. The minimum Gasteiger partial charge on any atom is -0.388 e. The molecule has 0 aromatic heterocycles. The minimum absolute atomic E-state index is 0.213. The third-order valence-electron chi connectivity index (χ3n) is 5.13. The molecule has 0 aromatic carbocycles. The van der Waals surface area contributed by atoms with E-state index >= 15 is 0 Å². The van der Waals surface area contributed by atoms with E-state index in [1.807, 2.05) is 6.92 Å². The van der Waals surface area contributed by atoms with Crippen LogP contribution in [0.4, 0.5) is 0 Å². The Hall–Kier alpha value is -0.400. The number of hydrogen-bond donors (Lipinski definition) is 6. The van der Waals surface area contributed by atoms with Gasteiger partial charge < -0.3 is 49.6 Å². The Bertz CT molecular complexity index is 452. The van der Waals surface area contributed by atoms with Gasteiger partial charge in [-0.25, -0.2) is 0 Å². The van der Waals surface area contributed by atoms with Crippen LogP contribution in [0, 0.1) is 0 Å². The predicted octanol–water partition coefficient (Wildman–Crippen LogP) is -1.76. The summed E-state index contributed by atoms with van der Waals surface area (Å²) in [6.07, 6.45) is -8.28. The number of hydrogen-bond acceptors (Lipinski definition) is 10. The Labute approximate surface area is 164 Å². The van der Waals surface area contributed by atoms with E-state index in [1.54, 1.807) is 0 Å². The highest BCUT2D eigenvalue weighted by atomic mass is 16.7. The molecule has 0 aromatic rings. The van der Waals surface area contributed by atoms with Gasteiger partial charge in [-0.2, -0.15) is 0 Å². The number of ether oxygens (including phenoxy) is 4. The SMILES string of the molecule is CCCCCC(C)OC1OC(COC2OCC(O)C(O)C2O)C(O)C(O)C1O. The summed E-state index contributed by atoms with van der Waals surface area (Å²) in [5.41, 5.74) is 0. The van der Waals surface area contributed by atoms with E-state index < -0.39 is 55.3 Å². The first kappa shape index (κ1) is 23.9. The molecule has 2 aliphatic rings. The Morgan fingerprint density at radius 3 is 2.25 bits per heavy atom. The summed E-state index contributed by atoms with van der Waals surface area (Å²) in [5, 5.41) is 59.4. The smallest absolute Gasteiger partial charge is 0.186 e. The largest absolute Gasteiger partial charge is 0.388 e. The highest BCUT2D eigenvalue weighted by Crippen LogP contribution is 2.25. The summed E-state index contributed by atoms with van der Waals surface area (Å²) in [7, 11) is 0. The lowest BCUT2D eigenvalue weighted by atomic mass is 9.99. The molecule has 2 heterocycles. The molecule has 2 aliphatic heterocycles. The van der Waals surface area contributed by atoms with E-state index in [0.717, 1.165) is 25.7 Å². The molecule has 10 heteroatoms. The van der Waals surface area contributed by atoms with Gasteiger partial charge in [-0.05, 0) is 13.3 Å². The maximum atomic E-state index is 10.2. The molecule has 0 aliphatic carbocycles. The number of unbranched alkanes of at least 4 members (excludes halogenated alkanes) is 2. The fourth-order valence-electron chi connectivity index (χ4n) is 3.26. The molecular formula is C18H34O10. The van der Waals surface area contributed by atoms with Gasteiger partial charge in [0.25, 0.3) is 0 Å². The summed E-state index contributed by atoms with van der Waals surface area (Å²) in [6.45, 7) is 3.42. The molecule has 0 amide bonds. The van der Waals surface area contributed by atoms with Crippen LogP contribution in [0.5, 0.6) is 0 Å². The van der Waals surface area contributed by atoms with Crippen molar-refractivity contribution in [3.8, 4) is 0 Å². The van der Waals surface area contributed by atoms with E-state index in [0.29, 0.717) is 0 Å². The van der Waals surface area contributed by atoms with Crippen LogP contribution >= 0.6 is 0 Å². The van der Waals surface area contributed by atoms with Crippen molar-refractivity contribution in [2.45, 2.75) is 101 Å². The average molecular weight is 410 g/mol. The lowest BCUT2D eigenvalue weighted by Gasteiger charge is -2.42. The van der Waals surface area contributed by atoms with Gasteiger partial charge in [-0.15, -0.1) is 0 Å². The van der Waals surface area contributed by atoms with Crippen LogP contribution in [0.3, 0.4) is 0 Å². The predicted molar refractivity (Wildman–Crippen MR) is 95.1 cm³/mol. The summed E-state index contributed by atoms with van der Waals surface area (Å²) in [6, 6.07) is 0. The van der Waals surface area contributed by atoms with Crippen molar-refractivity contribution in [2.75, 3.05) is 13.2 Å². The zero-order valence-electron chi connectivity index (χ0n) is 16.3. The van der Waals surface area contributed by atoms with E-state index in [1.165, 1.54) is 0 Å². The highest BCUT2D eigenvalue weighted by molar-refractivity contribution is 4.90. The van der Waals surface area contributed by atoms with Gasteiger partial charge in [0.15, 0.2) is 12.6 Å². The first-order chi connectivity index (χ1) is 13.3. The molecule has 28 heavy (non-hydrogen) atoms. The van der Waals surface area contributed by atoms with Gasteiger partial charge in [0.2, 0.25) is 0 Å². The summed E-state index contributed by atoms with van der Waals surface area (Å²) in [4.78, 5) is 0. The van der Waals surface area contributed by atoms with Gasteiger partial charge in [-0.3, -0.25) is 0 Å². The molecular weight excluding hydrogens is 376 g/mol. The molecule has 166 valence electrons. The van der Waals surface area contributed by atoms with Crippen LogP contribution in [0.1, 0.15) is 39.5 Å². The first-order valence-electron chi connectivity index (χ1n) is 9.88. The second-order valence-electron chi connectivity index (χ2n) is 7.54. The molecule has 10 atom stereocenters. The van der Waals surface area contributed by atoms with Crippen LogP contribution in [-0.2, 0) is 18.9 Å². The van der Waals surface area contributed by atoms with Gasteiger partial charge >= 0.3 is 0 Å². The zero-order valence-corrected chi connectivity index (χ0v) is 16.3. The number of rotatable bonds is 9. The molecule has 6 N–H and O–H groups in total. The van der Waals surface area contributed by atoms with Crippen molar-refractivity contribution in [3.05, 3.63) is 0 Å². The Morgan fingerprint density at radius 2 is 1.57 bits per heavy atom. The van der Waals surface area contributed by atoms with Gasteiger partial charge in [0, 0.05) is 0 Å². The fraction of sp³-hybridized carbons (Fsp3) is 1.00. The Morgan fingerprint density at radius 1 is 0.893 bits per heavy atom. The molecule has 0 bridgehead atoms. The Balaban J connectivity index is 1.88. The van der Waals surface area contributed by atoms with Crippen LogP contribution in [0.2, 0.25) is 0 Å². The van der Waals surface area contributed by atoms with Crippen molar-refractivity contribution < 1.29 is 49.6 Å². The van der Waals surface area contributed by atoms with Crippen molar-refractivity contribution in [3.63, 3.8) is 0 Å². The topological polar surface area (TPSA) is 158 Å². The summed E-state index contributed by atoms with van der Waals surface area (Å²) in [5.74, 6) is 0. The number of aliphatic hydroxyl groups is 6. The molecule has 0 spiro atoms. The average Bonchev–Trinajstić information content (AvgIpc) is 2.67. The van der Waals surface area contributed by atoms with Crippen molar-refractivity contribution in [1.29, 1.82) is 0 Å². The standard InChI is InChI=1S/C18H34O10/c1-3-4-5-6-9(2)27-18-16(24)14(22)13(21)11(28-18)8-26-17-15(23)12(20)10(19)7-25-17/h9-24H,3-8H2,1-2H3. The highest BCUT2D eigenvalue weighted by Gasteiger charge is 2.46. The molecule has 2 fully saturated rings. The van der Waals surface area contributed by atoms with Crippen molar-refractivity contribution in [1.82, 2.24) is 0 Å². The molecule has 10 nitrogen and oxygen atoms in total. The van der Waals surface area contributed by atoms with Crippen LogP contribution in [0.15, 0.2) is 0 Å². The second kappa shape index (κ2) is 11.1. The van der Waals surface area contributed by atoms with E-state index in [4.69, 9.17) is 18.9 Å². The van der Waals surface area contributed by atoms with E-state index in [-0.39, 0.29) is 19.3 Å². The lowest BCUT2D eigenvalue weighted by molar-refractivity contribution is -0.326. The Kier molecular flexibility index (Phi) is 9.48.